The quantitative estimate of drug-likeness (QED) is 0.913. The number of anilines is 1. The molecule has 104 valence electrons. The van der Waals surface area contributed by atoms with Gasteiger partial charge in [-0.2, -0.15) is 0 Å². The molecule has 0 aliphatic rings. The lowest BCUT2D eigenvalue weighted by atomic mass is 10.2. The van der Waals surface area contributed by atoms with Gasteiger partial charge in [-0.1, -0.05) is 11.6 Å². The molecule has 20 heavy (non-hydrogen) atoms. The first-order chi connectivity index (χ1) is 9.52. The second kappa shape index (κ2) is 5.79. The number of carbonyl (C=O) groups excluding carboxylic acids is 1. The third kappa shape index (κ3) is 2.83. The highest BCUT2D eigenvalue weighted by molar-refractivity contribution is 6.31. The van der Waals surface area contributed by atoms with Crippen LogP contribution in [0.2, 0.25) is 5.02 Å². The molecular weight excluding hydrogens is 280 g/mol. The first-order valence-electron chi connectivity index (χ1n) is 5.86. The molecule has 5 nitrogen and oxygen atoms in total. The summed E-state index contributed by atoms with van der Waals surface area (Å²) in [4.78, 5) is 26.1. The molecule has 0 unspecified atom stereocenters. The van der Waals surface area contributed by atoms with Crippen LogP contribution in [0.15, 0.2) is 35.3 Å². The Morgan fingerprint density at radius 1 is 1.40 bits per heavy atom. The van der Waals surface area contributed by atoms with Crippen molar-refractivity contribution in [1.82, 2.24) is 4.98 Å². The van der Waals surface area contributed by atoms with Crippen LogP contribution in [0.25, 0.3) is 0 Å². The van der Waals surface area contributed by atoms with E-state index in [1.807, 2.05) is 6.92 Å². The predicted molar refractivity (Wildman–Crippen MR) is 77.8 cm³/mol. The summed E-state index contributed by atoms with van der Waals surface area (Å²) < 4.78 is 5.16. The molecule has 0 aliphatic carbocycles. The lowest BCUT2D eigenvalue weighted by molar-refractivity contribution is 0.102. The molecule has 0 saturated carbocycles. The van der Waals surface area contributed by atoms with Crippen LogP contribution >= 0.6 is 11.6 Å². The second-order valence-corrected chi connectivity index (χ2v) is 4.58. The molecule has 1 aromatic carbocycles. The minimum absolute atomic E-state index is 0.0298. The van der Waals surface area contributed by atoms with Crippen LogP contribution in [0, 0.1) is 6.92 Å². The Morgan fingerprint density at radius 3 is 2.80 bits per heavy atom. The van der Waals surface area contributed by atoms with E-state index < -0.39 is 11.5 Å². The van der Waals surface area contributed by atoms with Crippen LogP contribution in [0.3, 0.4) is 0 Å². The fourth-order valence-electron chi connectivity index (χ4n) is 1.72. The van der Waals surface area contributed by atoms with Gasteiger partial charge in [0, 0.05) is 17.3 Å². The van der Waals surface area contributed by atoms with E-state index in [4.69, 9.17) is 16.3 Å². The summed E-state index contributed by atoms with van der Waals surface area (Å²) in [6, 6.07) is 6.34. The maximum absolute atomic E-state index is 12.1. The summed E-state index contributed by atoms with van der Waals surface area (Å²) in [6.45, 7) is 1.81. The van der Waals surface area contributed by atoms with Crippen molar-refractivity contribution in [2.45, 2.75) is 6.92 Å². The Morgan fingerprint density at radius 2 is 2.15 bits per heavy atom. The number of aryl methyl sites for hydroxylation is 1. The van der Waals surface area contributed by atoms with Crippen LogP contribution in [0.1, 0.15) is 15.9 Å². The van der Waals surface area contributed by atoms with Gasteiger partial charge in [-0.25, -0.2) is 0 Å². The van der Waals surface area contributed by atoms with Crippen molar-refractivity contribution in [3.63, 3.8) is 0 Å². The second-order valence-electron chi connectivity index (χ2n) is 4.17. The number of amides is 1. The number of rotatable bonds is 3. The van der Waals surface area contributed by atoms with Gasteiger partial charge in [-0.15, -0.1) is 0 Å². The molecule has 0 fully saturated rings. The van der Waals surface area contributed by atoms with Crippen LogP contribution in [-0.4, -0.2) is 18.0 Å². The molecule has 0 saturated heterocycles. The number of pyridine rings is 1. The number of hydrogen-bond acceptors (Lipinski definition) is 3. The molecule has 0 atom stereocenters. The van der Waals surface area contributed by atoms with E-state index in [1.54, 1.807) is 18.2 Å². The highest BCUT2D eigenvalue weighted by Crippen LogP contribution is 2.31. The number of benzene rings is 1. The number of carbonyl (C=O) groups is 1. The van der Waals surface area contributed by atoms with Gasteiger partial charge in [0.2, 0.25) is 0 Å². The van der Waals surface area contributed by atoms with Gasteiger partial charge in [0.1, 0.15) is 11.3 Å². The average Bonchev–Trinajstić information content (AvgIpc) is 2.43. The molecule has 2 N–H and O–H groups in total. The molecule has 2 rings (SSSR count). The summed E-state index contributed by atoms with van der Waals surface area (Å²) in [5, 5.41) is 3.18. The van der Waals surface area contributed by atoms with Gasteiger partial charge in [-0.3, -0.25) is 9.59 Å². The normalized spacial score (nSPS) is 10.2. The minimum Gasteiger partial charge on any atom is -0.495 e. The molecule has 0 aliphatic heterocycles. The molecule has 0 spiro atoms. The van der Waals surface area contributed by atoms with E-state index in [0.29, 0.717) is 16.5 Å². The first-order valence-corrected chi connectivity index (χ1v) is 6.24. The van der Waals surface area contributed by atoms with Crippen LogP contribution in [0.5, 0.6) is 5.75 Å². The predicted octanol–water partition coefficient (Wildman–Crippen LogP) is 2.60. The Bertz CT molecular complexity index is 710. The Hall–Kier alpha value is -2.27. The Labute approximate surface area is 120 Å². The monoisotopic (exact) mass is 292 g/mol. The first kappa shape index (κ1) is 14.1. The number of aromatic nitrogens is 1. The van der Waals surface area contributed by atoms with Crippen LogP contribution in [0.4, 0.5) is 5.69 Å². The number of methoxy groups -OCH3 is 1. The topological polar surface area (TPSA) is 71.2 Å². The van der Waals surface area contributed by atoms with E-state index >= 15 is 0 Å². The number of ether oxygens (including phenoxy) is 1. The number of H-pyrrole nitrogens is 1. The smallest absolute Gasteiger partial charge is 0.261 e. The van der Waals surface area contributed by atoms with Crippen LogP contribution in [-0.2, 0) is 0 Å². The zero-order valence-corrected chi connectivity index (χ0v) is 11.7. The summed E-state index contributed by atoms with van der Waals surface area (Å²) in [5.74, 6) is -0.0758. The van der Waals surface area contributed by atoms with Gasteiger partial charge in [0.05, 0.1) is 12.8 Å². The molecule has 6 heteroatoms. The van der Waals surface area contributed by atoms with E-state index in [9.17, 15) is 9.59 Å². The summed E-state index contributed by atoms with van der Waals surface area (Å²) in [7, 11) is 1.48. The zero-order chi connectivity index (χ0) is 14.7. The minimum atomic E-state index is -0.508. The van der Waals surface area contributed by atoms with Gasteiger partial charge >= 0.3 is 0 Å². The molecule has 2 aromatic rings. The Kier molecular flexibility index (Phi) is 4.10. The molecule has 0 radical (unpaired) electrons. The van der Waals surface area contributed by atoms with E-state index in [2.05, 4.69) is 10.3 Å². The third-order valence-electron chi connectivity index (χ3n) is 2.79. The SMILES string of the molecule is COc1cc(Cl)c(C)cc1NC(=O)c1ccc[nH]c1=O. The van der Waals surface area contributed by atoms with Gasteiger partial charge in [0.25, 0.3) is 11.5 Å². The molecular formula is C14H13ClN2O3. The summed E-state index contributed by atoms with van der Waals surface area (Å²) in [5.41, 5.74) is 0.837. The van der Waals surface area contributed by atoms with Crippen molar-refractivity contribution in [1.29, 1.82) is 0 Å². The number of hydrogen-bond donors (Lipinski definition) is 2. The number of aromatic amines is 1. The highest BCUT2D eigenvalue weighted by Gasteiger charge is 2.14. The molecule has 1 heterocycles. The standard InChI is InChI=1S/C14H13ClN2O3/c1-8-6-11(12(20-2)7-10(8)15)17-14(19)9-4-3-5-16-13(9)18/h3-7H,1-2H3,(H,16,18)(H,17,19). The van der Waals surface area contributed by atoms with Crippen molar-refractivity contribution in [3.8, 4) is 5.75 Å². The third-order valence-corrected chi connectivity index (χ3v) is 3.20. The summed E-state index contributed by atoms with van der Waals surface area (Å²) in [6.07, 6.45) is 1.46. The number of nitrogens with one attached hydrogen (secondary N) is 2. The number of halogens is 1. The largest absolute Gasteiger partial charge is 0.495 e. The molecule has 1 aromatic heterocycles. The van der Waals surface area contributed by atoms with Crippen molar-refractivity contribution in [3.05, 3.63) is 57.0 Å². The van der Waals surface area contributed by atoms with Crippen molar-refractivity contribution in [2.24, 2.45) is 0 Å². The van der Waals surface area contributed by atoms with Crippen molar-refractivity contribution >= 4 is 23.2 Å². The lowest BCUT2D eigenvalue weighted by Gasteiger charge is -2.12. The Balaban J connectivity index is 2.35. The van der Waals surface area contributed by atoms with Crippen molar-refractivity contribution < 1.29 is 9.53 Å². The van der Waals surface area contributed by atoms with Crippen LogP contribution < -0.4 is 15.6 Å². The molecule has 1 amide bonds. The van der Waals surface area contributed by atoms with Gasteiger partial charge < -0.3 is 15.0 Å². The van der Waals surface area contributed by atoms with Crippen molar-refractivity contribution in [2.75, 3.05) is 12.4 Å². The van der Waals surface area contributed by atoms with E-state index in [-0.39, 0.29) is 5.56 Å². The van der Waals surface area contributed by atoms with Gasteiger partial charge in [-0.05, 0) is 30.7 Å². The zero-order valence-electron chi connectivity index (χ0n) is 11.0. The highest BCUT2D eigenvalue weighted by atomic mass is 35.5. The lowest BCUT2D eigenvalue weighted by Crippen LogP contribution is -2.22. The average molecular weight is 293 g/mol. The van der Waals surface area contributed by atoms with Gasteiger partial charge in [0.15, 0.2) is 0 Å². The van der Waals surface area contributed by atoms with E-state index in [1.165, 1.54) is 19.4 Å². The van der Waals surface area contributed by atoms with E-state index in [0.717, 1.165) is 5.56 Å². The fourth-order valence-corrected chi connectivity index (χ4v) is 1.87. The maximum Gasteiger partial charge on any atom is 0.261 e. The molecule has 0 bridgehead atoms. The maximum atomic E-state index is 12.1. The summed E-state index contributed by atoms with van der Waals surface area (Å²) >= 11 is 6.00. The fraction of sp³-hybridized carbons (Fsp3) is 0.143.